The van der Waals surface area contributed by atoms with Gasteiger partial charge < -0.3 is 14.6 Å². The average molecular weight is 234 g/mol. The van der Waals surface area contributed by atoms with Crippen LogP contribution in [0.15, 0.2) is 17.7 Å². The summed E-state index contributed by atoms with van der Waals surface area (Å²) >= 11 is 0. The molecule has 2 rings (SSSR count). The Labute approximate surface area is 102 Å². The number of aliphatic hydroxyl groups is 1. The zero-order chi connectivity index (χ0) is 12.4. The van der Waals surface area contributed by atoms with Crippen molar-refractivity contribution in [2.75, 3.05) is 14.2 Å². The molecule has 0 amide bonds. The quantitative estimate of drug-likeness (QED) is 0.873. The highest BCUT2D eigenvalue weighted by Crippen LogP contribution is 2.37. The van der Waals surface area contributed by atoms with Crippen LogP contribution in [0.3, 0.4) is 0 Å². The van der Waals surface area contributed by atoms with Gasteiger partial charge in [-0.3, -0.25) is 0 Å². The summed E-state index contributed by atoms with van der Waals surface area (Å²) in [6.45, 7) is 1.80. The van der Waals surface area contributed by atoms with Gasteiger partial charge in [-0.25, -0.2) is 0 Å². The van der Waals surface area contributed by atoms with Crippen molar-refractivity contribution < 1.29 is 14.6 Å². The standard InChI is InChI=1S/C14H18O3/c1-9(15)10-4-5-11-12(8-10)14(17-3)7-6-13(11)16-2/h6-9,15H,4-5H2,1-3H3. The Morgan fingerprint density at radius 2 is 1.76 bits per heavy atom. The molecule has 1 unspecified atom stereocenters. The first-order valence-electron chi connectivity index (χ1n) is 5.79. The van der Waals surface area contributed by atoms with Crippen LogP contribution in [-0.4, -0.2) is 25.4 Å². The minimum atomic E-state index is -0.404. The summed E-state index contributed by atoms with van der Waals surface area (Å²) in [4.78, 5) is 0. The molecule has 0 aromatic heterocycles. The molecular weight excluding hydrogens is 216 g/mol. The summed E-state index contributed by atoms with van der Waals surface area (Å²) in [6, 6.07) is 3.83. The third-order valence-corrected chi connectivity index (χ3v) is 3.24. The minimum absolute atomic E-state index is 0.404. The lowest BCUT2D eigenvalue weighted by molar-refractivity contribution is 0.227. The number of hydrogen-bond donors (Lipinski definition) is 1. The van der Waals surface area contributed by atoms with Crippen LogP contribution >= 0.6 is 0 Å². The highest BCUT2D eigenvalue weighted by atomic mass is 16.5. The van der Waals surface area contributed by atoms with Gasteiger partial charge in [0.15, 0.2) is 0 Å². The van der Waals surface area contributed by atoms with Crippen molar-refractivity contribution in [1.29, 1.82) is 0 Å². The molecule has 92 valence electrons. The summed E-state index contributed by atoms with van der Waals surface area (Å²) < 4.78 is 10.7. The largest absolute Gasteiger partial charge is 0.496 e. The van der Waals surface area contributed by atoms with E-state index >= 15 is 0 Å². The molecule has 0 spiro atoms. The van der Waals surface area contributed by atoms with E-state index in [0.29, 0.717) is 0 Å². The van der Waals surface area contributed by atoms with Crippen molar-refractivity contribution in [2.24, 2.45) is 0 Å². The van der Waals surface area contributed by atoms with Crippen molar-refractivity contribution in [1.82, 2.24) is 0 Å². The lowest BCUT2D eigenvalue weighted by Crippen LogP contribution is -2.11. The SMILES string of the molecule is COc1ccc(OC)c2c1C=C(C(C)O)CC2. The molecule has 1 aromatic rings. The summed E-state index contributed by atoms with van der Waals surface area (Å²) in [5.74, 6) is 1.72. The van der Waals surface area contributed by atoms with E-state index in [4.69, 9.17) is 9.47 Å². The molecule has 0 fully saturated rings. The van der Waals surface area contributed by atoms with Crippen LogP contribution in [0.4, 0.5) is 0 Å². The van der Waals surface area contributed by atoms with E-state index in [1.54, 1.807) is 21.1 Å². The highest BCUT2D eigenvalue weighted by molar-refractivity contribution is 5.69. The Bertz CT molecular complexity index is 447. The van der Waals surface area contributed by atoms with Gasteiger partial charge in [-0.05, 0) is 43.5 Å². The molecule has 1 N–H and O–H groups in total. The fraction of sp³-hybridized carbons (Fsp3) is 0.429. The Morgan fingerprint density at radius 3 is 2.35 bits per heavy atom. The van der Waals surface area contributed by atoms with Crippen molar-refractivity contribution in [3.63, 3.8) is 0 Å². The number of benzene rings is 1. The topological polar surface area (TPSA) is 38.7 Å². The van der Waals surface area contributed by atoms with Gasteiger partial charge in [0, 0.05) is 11.1 Å². The smallest absolute Gasteiger partial charge is 0.126 e. The van der Waals surface area contributed by atoms with Crippen molar-refractivity contribution in [3.05, 3.63) is 28.8 Å². The molecular formula is C14H18O3. The number of aliphatic hydroxyl groups excluding tert-OH is 1. The van der Waals surface area contributed by atoms with Crippen LogP contribution in [0, 0.1) is 0 Å². The highest BCUT2D eigenvalue weighted by Gasteiger charge is 2.20. The summed E-state index contributed by atoms with van der Waals surface area (Å²) in [5, 5.41) is 9.65. The molecule has 0 radical (unpaired) electrons. The molecule has 0 aliphatic heterocycles. The molecule has 1 aliphatic carbocycles. The van der Waals surface area contributed by atoms with Gasteiger partial charge in [-0.1, -0.05) is 0 Å². The second-order valence-corrected chi connectivity index (χ2v) is 4.26. The van der Waals surface area contributed by atoms with Gasteiger partial charge in [-0.15, -0.1) is 0 Å². The van der Waals surface area contributed by atoms with Gasteiger partial charge in [0.2, 0.25) is 0 Å². The molecule has 0 heterocycles. The van der Waals surface area contributed by atoms with Crippen LogP contribution in [0.5, 0.6) is 11.5 Å². The van der Waals surface area contributed by atoms with Gasteiger partial charge in [0.05, 0.1) is 20.3 Å². The van der Waals surface area contributed by atoms with Crippen LogP contribution in [0.2, 0.25) is 0 Å². The predicted molar refractivity (Wildman–Crippen MR) is 67.5 cm³/mol. The van der Waals surface area contributed by atoms with Gasteiger partial charge >= 0.3 is 0 Å². The second kappa shape index (κ2) is 4.80. The Morgan fingerprint density at radius 1 is 1.12 bits per heavy atom. The van der Waals surface area contributed by atoms with E-state index < -0.39 is 6.10 Å². The van der Waals surface area contributed by atoms with Crippen molar-refractivity contribution >= 4 is 6.08 Å². The molecule has 3 nitrogen and oxygen atoms in total. The average Bonchev–Trinajstić information content (AvgIpc) is 2.36. The molecule has 0 saturated carbocycles. The predicted octanol–water partition coefficient (Wildman–Crippen LogP) is 2.41. The Kier molecular flexibility index (Phi) is 3.38. The van der Waals surface area contributed by atoms with Crippen LogP contribution < -0.4 is 9.47 Å². The minimum Gasteiger partial charge on any atom is -0.496 e. The van der Waals surface area contributed by atoms with Crippen molar-refractivity contribution in [2.45, 2.75) is 25.9 Å². The normalized spacial score (nSPS) is 15.9. The Hall–Kier alpha value is -1.48. The van der Waals surface area contributed by atoms with Crippen LogP contribution in [-0.2, 0) is 6.42 Å². The van der Waals surface area contributed by atoms with E-state index in [1.807, 2.05) is 18.2 Å². The fourth-order valence-corrected chi connectivity index (χ4v) is 2.26. The molecule has 17 heavy (non-hydrogen) atoms. The first-order chi connectivity index (χ1) is 8.17. The summed E-state index contributed by atoms with van der Waals surface area (Å²) in [5.41, 5.74) is 3.24. The zero-order valence-corrected chi connectivity index (χ0v) is 10.5. The van der Waals surface area contributed by atoms with Crippen molar-refractivity contribution in [3.8, 4) is 11.5 Å². The summed E-state index contributed by atoms with van der Waals surface area (Å²) in [6.07, 6.45) is 3.37. The fourth-order valence-electron chi connectivity index (χ4n) is 2.26. The molecule has 1 aromatic carbocycles. The van der Waals surface area contributed by atoms with E-state index in [2.05, 4.69) is 0 Å². The summed E-state index contributed by atoms with van der Waals surface area (Å²) in [7, 11) is 3.34. The zero-order valence-electron chi connectivity index (χ0n) is 10.5. The number of ether oxygens (including phenoxy) is 2. The number of fused-ring (bicyclic) bond motifs is 1. The number of rotatable bonds is 3. The maximum atomic E-state index is 9.65. The molecule has 0 saturated heterocycles. The molecule has 1 aliphatic rings. The monoisotopic (exact) mass is 234 g/mol. The van der Waals surface area contributed by atoms with E-state index in [-0.39, 0.29) is 0 Å². The molecule has 0 bridgehead atoms. The molecule has 3 heteroatoms. The maximum absolute atomic E-state index is 9.65. The second-order valence-electron chi connectivity index (χ2n) is 4.26. The Balaban J connectivity index is 2.54. The van der Waals surface area contributed by atoms with E-state index in [0.717, 1.165) is 41.0 Å². The number of methoxy groups -OCH3 is 2. The first kappa shape index (κ1) is 12.0. The molecule has 1 atom stereocenters. The van der Waals surface area contributed by atoms with Gasteiger partial charge in [0.25, 0.3) is 0 Å². The van der Waals surface area contributed by atoms with Gasteiger partial charge in [0.1, 0.15) is 11.5 Å². The lowest BCUT2D eigenvalue weighted by atomic mass is 9.89. The lowest BCUT2D eigenvalue weighted by Gasteiger charge is -2.22. The number of hydrogen-bond acceptors (Lipinski definition) is 3. The van der Waals surface area contributed by atoms with Crippen LogP contribution in [0.25, 0.3) is 6.08 Å². The van der Waals surface area contributed by atoms with Crippen LogP contribution in [0.1, 0.15) is 24.5 Å². The third-order valence-electron chi connectivity index (χ3n) is 3.24. The van der Waals surface area contributed by atoms with Gasteiger partial charge in [-0.2, -0.15) is 0 Å². The van der Waals surface area contributed by atoms with E-state index in [1.165, 1.54) is 0 Å². The third kappa shape index (κ3) is 2.15. The first-order valence-corrected chi connectivity index (χ1v) is 5.79. The van der Waals surface area contributed by atoms with E-state index in [9.17, 15) is 5.11 Å². The maximum Gasteiger partial charge on any atom is 0.126 e.